The molecule has 8 nitrogen and oxygen atoms in total. The third-order valence-electron chi connectivity index (χ3n) is 1.59. The van der Waals surface area contributed by atoms with Crippen LogP contribution >= 0.6 is 0 Å². The van der Waals surface area contributed by atoms with Crippen LogP contribution in [0.15, 0.2) is 0 Å². The van der Waals surface area contributed by atoms with E-state index in [1.54, 1.807) is 0 Å². The number of urea groups is 1. The summed E-state index contributed by atoms with van der Waals surface area (Å²) in [5.41, 5.74) is 4.83. The molecule has 92 valence electrons. The first-order valence-electron chi connectivity index (χ1n) is 4.49. The maximum absolute atomic E-state index is 11.4. The van der Waals surface area contributed by atoms with Gasteiger partial charge in [-0.05, 0) is 0 Å². The van der Waals surface area contributed by atoms with Gasteiger partial charge in [-0.3, -0.25) is 9.59 Å². The zero-order valence-corrected chi connectivity index (χ0v) is 8.93. The van der Waals surface area contributed by atoms with Gasteiger partial charge in [0.05, 0.1) is 13.2 Å². The van der Waals surface area contributed by atoms with Crippen molar-refractivity contribution in [1.82, 2.24) is 10.2 Å². The van der Waals surface area contributed by atoms with Crippen LogP contribution in [0.4, 0.5) is 4.79 Å². The highest BCUT2D eigenvalue weighted by atomic mass is 16.5. The van der Waals surface area contributed by atoms with Gasteiger partial charge in [0, 0.05) is 13.7 Å². The summed E-state index contributed by atoms with van der Waals surface area (Å²) in [6.07, 6.45) is 0. The van der Waals surface area contributed by atoms with Crippen LogP contribution in [-0.2, 0) is 14.3 Å². The first-order valence-corrected chi connectivity index (χ1v) is 4.49. The molecule has 0 rings (SSSR count). The highest BCUT2D eigenvalue weighted by Gasteiger charge is 2.16. The Labute approximate surface area is 92.3 Å². The van der Waals surface area contributed by atoms with E-state index in [4.69, 9.17) is 15.6 Å². The van der Waals surface area contributed by atoms with Crippen LogP contribution < -0.4 is 11.1 Å². The van der Waals surface area contributed by atoms with Gasteiger partial charge in [0.1, 0.15) is 6.54 Å². The molecule has 0 radical (unpaired) electrons. The van der Waals surface area contributed by atoms with Crippen molar-refractivity contribution in [2.24, 2.45) is 5.73 Å². The van der Waals surface area contributed by atoms with E-state index >= 15 is 0 Å². The van der Waals surface area contributed by atoms with Gasteiger partial charge in [0.25, 0.3) is 0 Å². The smallest absolute Gasteiger partial charge is 0.323 e. The lowest BCUT2D eigenvalue weighted by molar-refractivity contribution is -0.137. The topological polar surface area (TPSA) is 122 Å². The summed E-state index contributed by atoms with van der Waals surface area (Å²) < 4.78 is 4.72. The number of aliphatic carboxylic acids is 1. The zero-order chi connectivity index (χ0) is 12.6. The molecule has 0 aliphatic carbocycles. The molecule has 0 spiro atoms. The van der Waals surface area contributed by atoms with Crippen LogP contribution in [0.5, 0.6) is 0 Å². The SMILES string of the molecule is COCCN(CC(=O)O)C(=O)NCC(N)=O. The molecule has 0 aromatic carbocycles. The van der Waals surface area contributed by atoms with E-state index in [0.717, 1.165) is 4.90 Å². The number of hydrogen-bond donors (Lipinski definition) is 3. The molecule has 0 fully saturated rings. The maximum atomic E-state index is 11.4. The molecule has 0 aliphatic heterocycles. The van der Waals surface area contributed by atoms with E-state index in [1.165, 1.54) is 7.11 Å². The summed E-state index contributed by atoms with van der Waals surface area (Å²) in [6.45, 7) is -0.472. The maximum Gasteiger partial charge on any atom is 0.323 e. The number of carboxylic acid groups (broad SMARTS) is 1. The fourth-order valence-corrected chi connectivity index (χ4v) is 0.892. The third kappa shape index (κ3) is 6.60. The van der Waals surface area contributed by atoms with E-state index in [9.17, 15) is 14.4 Å². The van der Waals surface area contributed by atoms with Crippen molar-refractivity contribution in [3.63, 3.8) is 0 Å². The Balaban J connectivity index is 4.19. The van der Waals surface area contributed by atoms with Crippen LogP contribution in [0.25, 0.3) is 0 Å². The minimum atomic E-state index is -1.15. The second-order valence-corrected chi connectivity index (χ2v) is 2.93. The van der Waals surface area contributed by atoms with Crippen molar-refractivity contribution in [2.45, 2.75) is 0 Å². The van der Waals surface area contributed by atoms with E-state index in [2.05, 4.69) is 5.32 Å². The monoisotopic (exact) mass is 233 g/mol. The predicted molar refractivity (Wildman–Crippen MR) is 53.7 cm³/mol. The molecule has 16 heavy (non-hydrogen) atoms. The largest absolute Gasteiger partial charge is 0.480 e. The minimum absolute atomic E-state index is 0.118. The molecule has 4 N–H and O–H groups in total. The number of carboxylic acids is 1. The van der Waals surface area contributed by atoms with E-state index in [-0.39, 0.29) is 19.7 Å². The summed E-state index contributed by atoms with van der Waals surface area (Å²) in [5.74, 6) is -1.85. The van der Waals surface area contributed by atoms with Crippen LogP contribution in [0.1, 0.15) is 0 Å². The number of amides is 3. The summed E-state index contributed by atoms with van der Waals surface area (Å²) in [5, 5.41) is 10.7. The summed E-state index contributed by atoms with van der Waals surface area (Å²) >= 11 is 0. The lowest BCUT2D eigenvalue weighted by Crippen LogP contribution is -2.46. The summed E-state index contributed by atoms with van der Waals surface area (Å²) in [7, 11) is 1.43. The molecule has 0 bridgehead atoms. The number of rotatable bonds is 7. The molecular weight excluding hydrogens is 218 g/mol. The van der Waals surface area contributed by atoms with Crippen LogP contribution in [-0.4, -0.2) is 61.3 Å². The molecule has 0 unspecified atom stereocenters. The summed E-state index contributed by atoms with van der Waals surface area (Å²) in [6, 6.07) is -0.668. The summed E-state index contributed by atoms with van der Waals surface area (Å²) in [4.78, 5) is 33.3. The number of nitrogens with zero attached hydrogens (tertiary/aromatic N) is 1. The average molecular weight is 233 g/mol. The quantitative estimate of drug-likeness (QED) is 0.479. The van der Waals surface area contributed by atoms with Crippen molar-refractivity contribution in [1.29, 1.82) is 0 Å². The Morgan fingerprint density at radius 2 is 2.06 bits per heavy atom. The van der Waals surface area contributed by atoms with E-state index in [1.807, 2.05) is 0 Å². The normalized spacial score (nSPS) is 9.56. The Hall–Kier alpha value is -1.83. The molecule has 0 heterocycles. The van der Waals surface area contributed by atoms with Crippen molar-refractivity contribution >= 4 is 17.9 Å². The van der Waals surface area contributed by atoms with Gasteiger partial charge in [-0.15, -0.1) is 0 Å². The number of ether oxygens (including phenoxy) is 1. The van der Waals surface area contributed by atoms with Crippen molar-refractivity contribution in [3.8, 4) is 0 Å². The standard InChI is InChI=1S/C8H15N3O5/c1-16-3-2-11(5-7(13)14)8(15)10-4-6(9)12/h2-5H2,1H3,(H2,9,12)(H,10,15)(H,13,14). The molecular formula is C8H15N3O5. The molecule has 0 atom stereocenters. The average Bonchev–Trinajstić information content (AvgIpc) is 2.20. The van der Waals surface area contributed by atoms with Gasteiger partial charge < -0.3 is 25.8 Å². The molecule has 0 saturated carbocycles. The van der Waals surface area contributed by atoms with Crippen molar-refractivity contribution in [3.05, 3.63) is 0 Å². The second kappa shape index (κ2) is 7.46. The zero-order valence-electron chi connectivity index (χ0n) is 8.93. The third-order valence-corrected chi connectivity index (χ3v) is 1.59. The van der Waals surface area contributed by atoms with Gasteiger partial charge in [-0.2, -0.15) is 0 Å². The van der Waals surface area contributed by atoms with Crippen molar-refractivity contribution < 1.29 is 24.2 Å². The molecule has 0 saturated heterocycles. The molecule has 0 aromatic heterocycles. The molecule has 8 heteroatoms. The fourth-order valence-electron chi connectivity index (χ4n) is 0.892. The fraction of sp³-hybridized carbons (Fsp3) is 0.625. The van der Waals surface area contributed by atoms with Crippen LogP contribution in [0.3, 0.4) is 0 Å². The Kier molecular flexibility index (Phi) is 6.61. The number of nitrogens with two attached hydrogens (primary N) is 1. The van der Waals surface area contributed by atoms with Gasteiger partial charge in [-0.1, -0.05) is 0 Å². The number of primary amides is 1. The van der Waals surface area contributed by atoms with Crippen molar-refractivity contribution in [2.75, 3.05) is 33.4 Å². The van der Waals surface area contributed by atoms with Crippen LogP contribution in [0, 0.1) is 0 Å². The Morgan fingerprint density at radius 3 is 2.50 bits per heavy atom. The number of hydrogen-bond acceptors (Lipinski definition) is 4. The van der Waals surface area contributed by atoms with Gasteiger partial charge in [-0.25, -0.2) is 4.79 Å². The first-order chi connectivity index (χ1) is 7.47. The van der Waals surface area contributed by atoms with Gasteiger partial charge >= 0.3 is 12.0 Å². The van der Waals surface area contributed by atoms with E-state index in [0.29, 0.717) is 0 Å². The first kappa shape index (κ1) is 14.2. The number of carbonyl (C=O) groups excluding carboxylic acids is 2. The number of nitrogens with one attached hydrogen (secondary N) is 1. The number of methoxy groups -OCH3 is 1. The number of carbonyl (C=O) groups is 3. The minimum Gasteiger partial charge on any atom is -0.480 e. The lowest BCUT2D eigenvalue weighted by atomic mass is 10.5. The van der Waals surface area contributed by atoms with Gasteiger partial charge in [0.15, 0.2) is 0 Å². The second-order valence-electron chi connectivity index (χ2n) is 2.93. The highest BCUT2D eigenvalue weighted by molar-refractivity contribution is 5.84. The van der Waals surface area contributed by atoms with Gasteiger partial charge in [0.2, 0.25) is 5.91 Å². The lowest BCUT2D eigenvalue weighted by Gasteiger charge is -2.20. The molecule has 0 aromatic rings. The molecule has 3 amide bonds. The van der Waals surface area contributed by atoms with E-state index < -0.39 is 24.5 Å². The Morgan fingerprint density at radius 1 is 1.44 bits per heavy atom. The predicted octanol–water partition coefficient (Wildman–Crippen LogP) is -1.79. The molecule has 0 aliphatic rings. The van der Waals surface area contributed by atoms with Crippen LogP contribution in [0.2, 0.25) is 0 Å². The highest BCUT2D eigenvalue weighted by Crippen LogP contribution is 1.90. The Bertz CT molecular complexity index is 268.